The molecule has 0 heterocycles. The number of thiocarbonyl (C=S) groups is 1. The molecule has 8 nitrogen and oxygen atoms in total. The maximum atomic E-state index is 12.4. The van der Waals surface area contributed by atoms with Crippen LogP contribution >= 0.6 is 12.2 Å². The Kier molecular flexibility index (Phi) is 11.1. The summed E-state index contributed by atoms with van der Waals surface area (Å²) in [5.74, 6) is 0.732. The fraction of sp³-hybridized carbons (Fsp3) is 0.375. The van der Waals surface area contributed by atoms with Crippen LogP contribution in [-0.2, 0) is 9.53 Å². The smallest absolute Gasteiger partial charge is 0.276 e. The summed E-state index contributed by atoms with van der Waals surface area (Å²) in [5, 5.41) is 2.45. The van der Waals surface area contributed by atoms with E-state index in [1.807, 2.05) is 31.2 Å². The highest BCUT2D eigenvalue weighted by atomic mass is 32.1. The van der Waals surface area contributed by atoms with E-state index >= 15 is 0 Å². The third-order valence-electron chi connectivity index (χ3n) is 4.77. The van der Waals surface area contributed by atoms with Gasteiger partial charge in [0.2, 0.25) is 0 Å². The SMILES string of the molecule is CCOCCOc1cccc(C(=O)NC(=S)NNC(=O)COc2ccc(C(C)CC)cc2)c1. The lowest BCUT2D eigenvalue weighted by molar-refractivity contribution is -0.123. The Hall–Kier alpha value is -3.17. The van der Waals surface area contributed by atoms with E-state index < -0.39 is 11.8 Å². The molecule has 0 saturated carbocycles. The van der Waals surface area contributed by atoms with Crippen molar-refractivity contribution < 1.29 is 23.8 Å². The monoisotopic (exact) mass is 473 g/mol. The number of rotatable bonds is 11. The molecule has 0 aliphatic heterocycles. The Morgan fingerprint density at radius 3 is 2.42 bits per heavy atom. The molecule has 3 N–H and O–H groups in total. The van der Waals surface area contributed by atoms with Gasteiger partial charge >= 0.3 is 0 Å². The number of ether oxygens (including phenoxy) is 3. The molecule has 1 atom stereocenters. The van der Waals surface area contributed by atoms with Gasteiger partial charge in [0.15, 0.2) is 11.7 Å². The normalized spacial score (nSPS) is 11.2. The summed E-state index contributed by atoms with van der Waals surface area (Å²) in [6, 6.07) is 14.3. The zero-order valence-electron chi connectivity index (χ0n) is 19.2. The van der Waals surface area contributed by atoms with E-state index in [-0.39, 0.29) is 11.7 Å². The summed E-state index contributed by atoms with van der Waals surface area (Å²) >= 11 is 5.06. The number of hydrogen-bond donors (Lipinski definition) is 3. The van der Waals surface area contributed by atoms with Gasteiger partial charge in [0.25, 0.3) is 11.8 Å². The van der Waals surface area contributed by atoms with E-state index in [9.17, 15) is 9.59 Å². The Labute approximate surface area is 200 Å². The van der Waals surface area contributed by atoms with Crippen LogP contribution in [0, 0.1) is 0 Å². The van der Waals surface area contributed by atoms with Crippen LogP contribution in [-0.4, -0.2) is 43.4 Å². The van der Waals surface area contributed by atoms with E-state index in [4.69, 9.17) is 26.4 Å². The fourth-order valence-corrected chi connectivity index (χ4v) is 2.88. The second kappa shape index (κ2) is 14.1. The summed E-state index contributed by atoms with van der Waals surface area (Å²) in [7, 11) is 0. The summed E-state index contributed by atoms with van der Waals surface area (Å²) in [6.07, 6.45) is 1.05. The molecule has 0 aliphatic carbocycles. The molecule has 0 bridgehead atoms. The van der Waals surface area contributed by atoms with Crippen LogP contribution in [0.3, 0.4) is 0 Å². The predicted molar refractivity (Wildman–Crippen MR) is 130 cm³/mol. The molecular formula is C24H31N3O5S. The third kappa shape index (κ3) is 9.46. The number of hydrogen-bond acceptors (Lipinski definition) is 6. The number of amides is 2. The van der Waals surface area contributed by atoms with Gasteiger partial charge in [-0.05, 0) is 67.4 Å². The quantitative estimate of drug-likeness (QED) is 0.262. The first kappa shape index (κ1) is 26.1. The molecule has 33 heavy (non-hydrogen) atoms. The van der Waals surface area contributed by atoms with Crippen LogP contribution in [0.5, 0.6) is 11.5 Å². The highest BCUT2D eigenvalue weighted by Crippen LogP contribution is 2.21. The lowest BCUT2D eigenvalue weighted by Crippen LogP contribution is -2.49. The van der Waals surface area contributed by atoms with Crippen molar-refractivity contribution in [2.45, 2.75) is 33.1 Å². The van der Waals surface area contributed by atoms with Crippen molar-refractivity contribution in [1.82, 2.24) is 16.2 Å². The van der Waals surface area contributed by atoms with Gasteiger partial charge in [-0.25, -0.2) is 0 Å². The largest absolute Gasteiger partial charge is 0.491 e. The van der Waals surface area contributed by atoms with E-state index in [1.165, 1.54) is 5.56 Å². The van der Waals surface area contributed by atoms with Gasteiger partial charge in [-0.2, -0.15) is 0 Å². The molecule has 0 radical (unpaired) electrons. The minimum atomic E-state index is -0.442. The summed E-state index contributed by atoms with van der Waals surface area (Å²) in [5.41, 5.74) is 6.46. The minimum Gasteiger partial charge on any atom is -0.491 e. The molecule has 9 heteroatoms. The molecule has 0 spiro atoms. The minimum absolute atomic E-state index is 0.0473. The first-order valence-corrected chi connectivity index (χ1v) is 11.3. The van der Waals surface area contributed by atoms with Crippen LogP contribution in [0.1, 0.15) is 49.0 Å². The van der Waals surface area contributed by atoms with E-state index in [0.717, 1.165) is 6.42 Å². The van der Waals surface area contributed by atoms with Crippen LogP contribution in [0.15, 0.2) is 48.5 Å². The average molecular weight is 474 g/mol. The van der Waals surface area contributed by atoms with E-state index in [2.05, 4.69) is 30.0 Å². The number of carbonyl (C=O) groups excluding carboxylic acids is 2. The molecular weight excluding hydrogens is 442 g/mol. The molecule has 2 aromatic carbocycles. The van der Waals surface area contributed by atoms with Crippen LogP contribution < -0.4 is 25.6 Å². The van der Waals surface area contributed by atoms with Gasteiger partial charge in [-0.3, -0.25) is 25.8 Å². The number of hydrazine groups is 1. The van der Waals surface area contributed by atoms with Gasteiger partial charge < -0.3 is 14.2 Å². The van der Waals surface area contributed by atoms with Crippen molar-refractivity contribution in [1.29, 1.82) is 0 Å². The maximum absolute atomic E-state index is 12.4. The van der Waals surface area contributed by atoms with E-state index in [1.54, 1.807) is 24.3 Å². The van der Waals surface area contributed by atoms with Gasteiger partial charge in [0.1, 0.15) is 18.1 Å². The van der Waals surface area contributed by atoms with Gasteiger partial charge in [0, 0.05) is 12.2 Å². The molecule has 178 valence electrons. The van der Waals surface area contributed by atoms with Crippen molar-refractivity contribution in [2.24, 2.45) is 0 Å². The molecule has 0 aromatic heterocycles. The highest BCUT2D eigenvalue weighted by molar-refractivity contribution is 7.80. The highest BCUT2D eigenvalue weighted by Gasteiger charge is 2.10. The van der Waals surface area contributed by atoms with Crippen molar-refractivity contribution in [2.75, 3.05) is 26.4 Å². The zero-order chi connectivity index (χ0) is 24.1. The molecule has 2 amide bonds. The van der Waals surface area contributed by atoms with Crippen LogP contribution in [0.25, 0.3) is 0 Å². The van der Waals surface area contributed by atoms with Crippen molar-refractivity contribution in [3.63, 3.8) is 0 Å². The zero-order valence-corrected chi connectivity index (χ0v) is 20.0. The molecule has 2 rings (SSSR count). The molecule has 0 saturated heterocycles. The Balaban J connectivity index is 1.72. The standard InChI is InChI=1S/C24H31N3O5S/c1-4-17(3)18-9-11-20(12-10-18)32-16-22(28)26-27-24(33)25-23(29)19-7-6-8-21(15-19)31-14-13-30-5-2/h6-12,15,17H,4-5,13-14,16H2,1-3H3,(H,26,28)(H2,25,27,29,33). The second-order valence-corrected chi connectivity index (χ2v) is 7.60. The fourth-order valence-electron chi connectivity index (χ4n) is 2.74. The maximum Gasteiger partial charge on any atom is 0.276 e. The Bertz CT molecular complexity index is 921. The summed E-state index contributed by atoms with van der Waals surface area (Å²) in [4.78, 5) is 24.4. The lowest BCUT2D eigenvalue weighted by Gasteiger charge is -2.13. The van der Waals surface area contributed by atoms with Crippen molar-refractivity contribution in [3.8, 4) is 11.5 Å². The topological polar surface area (TPSA) is 97.9 Å². The molecule has 0 fully saturated rings. The van der Waals surface area contributed by atoms with E-state index in [0.29, 0.717) is 42.8 Å². The first-order valence-electron chi connectivity index (χ1n) is 10.9. The van der Waals surface area contributed by atoms with Gasteiger partial charge in [-0.1, -0.05) is 32.0 Å². The predicted octanol–water partition coefficient (Wildman–Crippen LogP) is 3.33. The third-order valence-corrected chi connectivity index (χ3v) is 4.97. The second-order valence-electron chi connectivity index (χ2n) is 7.20. The molecule has 0 aliphatic rings. The molecule has 2 aromatic rings. The van der Waals surface area contributed by atoms with Crippen molar-refractivity contribution >= 4 is 29.1 Å². The number of carbonyl (C=O) groups is 2. The number of benzene rings is 2. The van der Waals surface area contributed by atoms with Crippen molar-refractivity contribution in [3.05, 3.63) is 59.7 Å². The average Bonchev–Trinajstić information content (AvgIpc) is 2.84. The Morgan fingerprint density at radius 2 is 1.73 bits per heavy atom. The Morgan fingerprint density at radius 1 is 0.970 bits per heavy atom. The molecule has 1 unspecified atom stereocenters. The summed E-state index contributed by atoms with van der Waals surface area (Å²) in [6.45, 7) is 7.46. The number of nitrogens with one attached hydrogen (secondary N) is 3. The summed E-state index contributed by atoms with van der Waals surface area (Å²) < 4.78 is 16.2. The van der Waals surface area contributed by atoms with Crippen LogP contribution in [0.4, 0.5) is 0 Å². The van der Waals surface area contributed by atoms with Gasteiger partial charge in [0.05, 0.1) is 6.61 Å². The van der Waals surface area contributed by atoms with Crippen LogP contribution in [0.2, 0.25) is 0 Å². The first-order chi connectivity index (χ1) is 15.9. The lowest BCUT2D eigenvalue weighted by atomic mass is 9.99. The van der Waals surface area contributed by atoms with Gasteiger partial charge in [-0.15, -0.1) is 0 Å².